The number of aromatic nitrogens is 5. The summed E-state index contributed by atoms with van der Waals surface area (Å²) >= 11 is 3.46. The van der Waals surface area contributed by atoms with Crippen LogP contribution in [-0.4, -0.2) is 65.7 Å². The Bertz CT molecular complexity index is 1390. The number of nitrogens with zero attached hydrogens (tertiary/aromatic N) is 5. The van der Waals surface area contributed by atoms with E-state index in [0.29, 0.717) is 39.6 Å². The van der Waals surface area contributed by atoms with E-state index in [1.54, 1.807) is 30.3 Å². The Balaban J connectivity index is 1.65. The van der Waals surface area contributed by atoms with Gasteiger partial charge in [-0.1, -0.05) is 6.07 Å². The molecular formula is C21H23BrN8O2S. The topological polar surface area (TPSA) is 129 Å². The average molecular weight is 531 g/mol. The van der Waals surface area contributed by atoms with Gasteiger partial charge >= 0.3 is 0 Å². The van der Waals surface area contributed by atoms with Crippen molar-refractivity contribution in [3.63, 3.8) is 0 Å². The maximum absolute atomic E-state index is 12.6. The van der Waals surface area contributed by atoms with Gasteiger partial charge in [-0.15, -0.1) is 0 Å². The fourth-order valence-corrected chi connectivity index (χ4v) is 4.81. The number of hydrogen-bond donors (Lipinski definition) is 3. The molecule has 0 atom stereocenters. The summed E-state index contributed by atoms with van der Waals surface area (Å²) in [6.07, 6.45) is 1.43. The fourth-order valence-electron chi connectivity index (χ4n) is 3.17. The first-order valence-corrected chi connectivity index (χ1v) is 12.4. The van der Waals surface area contributed by atoms with Crippen LogP contribution in [0.2, 0.25) is 0 Å². The molecule has 0 unspecified atom stereocenters. The Morgan fingerprint density at radius 1 is 1.15 bits per heavy atom. The monoisotopic (exact) mass is 530 g/mol. The van der Waals surface area contributed by atoms with Gasteiger partial charge < -0.3 is 10.2 Å². The summed E-state index contributed by atoms with van der Waals surface area (Å²) < 4.78 is 28.3. The molecule has 0 aliphatic rings. The third-order valence-electron chi connectivity index (χ3n) is 4.84. The highest BCUT2D eigenvalue weighted by Gasteiger charge is 2.18. The highest BCUT2D eigenvalue weighted by Crippen LogP contribution is 2.31. The van der Waals surface area contributed by atoms with Gasteiger partial charge in [-0.05, 0) is 67.3 Å². The second-order valence-corrected chi connectivity index (χ2v) is 10.1. The molecule has 4 rings (SSSR count). The van der Waals surface area contributed by atoms with Gasteiger partial charge in [0, 0.05) is 29.3 Å². The zero-order valence-electron chi connectivity index (χ0n) is 18.3. The lowest BCUT2D eigenvalue weighted by Gasteiger charge is -2.13. The van der Waals surface area contributed by atoms with Gasteiger partial charge in [0.25, 0.3) is 10.0 Å². The van der Waals surface area contributed by atoms with Gasteiger partial charge in [0.05, 0.1) is 16.8 Å². The summed E-state index contributed by atoms with van der Waals surface area (Å²) in [5, 5.41) is 11.4. The van der Waals surface area contributed by atoms with Crippen LogP contribution in [0.4, 0.5) is 11.5 Å². The first-order chi connectivity index (χ1) is 15.7. The molecule has 0 bridgehead atoms. The van der Waals surface area contributed by atoms with Gasteiger partial charge in [-0.2, -0.15) is 13.5 Å². The van der Waals surface area contributed by atoms with E-state index in [1.165, 1.54) is 12.3 Å². The molecule has 0 aliphatic carbocycles. The number of benzene rings is 1. The van der Waals surface area contributed by atoms with Crippen LogP contribution in [0.3, 0.4) is 0 Å². The van der Waals surface area contributed by atoms with Crippen LogP contribution >= 0.6 is 15.9 Å². The Kier molecular flexibility index (Phi) is 6.58. The van der Waals surface area contributed by atoms with Gasteiger partial charge in [0.15, 0.2) is 16.5 Å². The van der Waals surface area contributed by atoms with E-state index in [1.807, 2.05) is 21.0 Å². The molecule has 0 radical (unpaired) electrons. The number of fused-ring (bicyclic) bond motifs is 1. The second-order valence-electron chi connectivity index (χ2n) is 7.63. The van der Waals surface area contributed by atoms with Gasteiger partial charge in [0.1, 0.15) is 5.82 Å². The van der Waals surface area contributed by atoms with Crippen molar-refractivity contribution < 1.29 is 8.42 Å². The number of pyridine rings is 1. The van der Waals surface area contributed by atoms with Crippen LogP contribution < -0.4 is 10.0 Å². The summed E-state index contributed by atoms with van der Waals surface area (Å²) in [5.74, 6) is 1.18. The molecule has 3 heterocycles. The first kappa shape index (κ1) is 23.1. The summed E-state index contributed by atoms with van der Waals surface area (Å²) in [7, 11) is 0.201. The third-order valence-corrected chi connectivity index (χ3v) is 6.77. The Labute approximate surface area is 200 Å². The molecule has 0 amide bonds. The van der Waals surface area contributed by atoms with Gasteiger partial charge in [-0.3, -0.25) is 9.82 Å². The number of rotatable bonds is 8. The minimum Gasteiger partial charge on any atom is -0.368 e. The number of anilines is 2. The Morgan fingerprint density at radius 2 is 1.97 bits per heavy atom. The van der Waals surface area contributed by atoms with Crippen molar-refractivity contribution in [1.82, 2.24) is 30.0 Å². The standard InChI is InChI=1S/C21H23BrN8O2S/c1-13-18-20(24-10-11-30(2)3)25-19(26-21(18)28-27-13)14-7-8-16(15(22)12-14)29-33(31,32)17-6-4-5-9-23-17/h4-9,12,29H,10-11H2,1-3H3,(H2,24,25,26,27,28). The lowest BCUT2D eigenvalue weighted by molar-refractivity contribution is 0.425. The highest BCUT2D eigenvalue weighted by atomic mass is 79.9. The highest BCUT2D eigenvalue weighted by molar-refractivity contribution is 9.10. The van der Waals surface area contributed by atoms with E-state index in [-0.39, 0.29) is 5.03 Å². The quantitative estimate of drug-likeness (QED) is 0.316. The largest absolute Gasteiger partial charge is 0.368 e. The van der Waals surface area contributed by atoms with Crippen LogP contribution in [0.15, 0.2) is 52.1 Å². The predicted octanol–water partition coefficient (Wildman–Crippen LogP) is 3.26. The van der Waals surface area contributed by atoms with Crippen LogP contribution in [-0.2, 0) is 10.0 Å². The van der Waals surface area contributed by atoms with Crippen molar-refractivity contribution in [2.24, 2.45) is 0 Å². The first-order valence-electron chi connectivity index (χ1n) is 10.1. The molecule has 1 aromatic carbocycles. The molecule has 4 aromatic rings. The van der Waals surface area contributed by atoms with E-state index >= 15 is 0 Å². The molecule has 3 aromatic heterocycles. The number of sulfonamides is 1. The lowest BCUT2D eigenvalue weighted by Crippen LogP contribution is -2.21. The van der Waals surface area contributed by atoms with Crippen LogP contribution in [0.25, 0.3) is 22.4 Å². The van der Waals surface area contributed by atoms with Gasteiger partial charge in [0.2, 0.25) is 0 Å². The Hall–Kier alpha value is -3.09. The van der Waals surface area contributed by atoms with Crippen molar-refractivity contribution in [3.8, 4) is 11.4 Å². The minimum absolute atomic E-state index is 0.0576. The van der Waals surface area contributed by atoms with Crippen molar-refractivity contribution in [1.29, 1.82) is 0 Å². The molecule has 0 fully saturated rings. The SMILES string of the molecule is Cc1n[nH]c2nc(-c3ccc(NS(=O)(=O)c4ccccn4)c(Br)c3)nc(NCCN(C)C)c12. The lowest BCUT2D eigenvalue weighted by atomic mass is 10.2. The number of aromatic amines is 1. The molecule has 0 spiro atoms. The van der Waals surface area contributed by atoms with Crippen molar-refractivity contribution in [2.45, 2.75) is 11.9 Å². The smallest absolute Gasteiger partial charge is 0.279 e. The molecule has 0 saturated heterocycles. The molecule has 0 saturated carbocycles. The van der Waals surface area contributed by atoms with Crippen molar-refractivity contribution >= 4 is 48.5 Å². The maximum atomic E-state index is 12.6. The second kappa shape index (κ2) is 9.41. The molecule has 33 heavy (non-hydrogen) atoms. The summed E-state index contributed by atoms with van der Waals surface area (Å²) in [6, 6.07) is 9.90. The van der Waals surface area contributed by atoms with Crippen LogP contribution in [0.1, 0.15) is 5.69 Å². The summed E-state index contributed by atoms with van der Waals surface area (Å²) in [4.78, 5) is 15.3. The number of H-pyrrole nitrogens is 1. The molecule has 12 heteroatoms. The number of nitrogens with one attached hydrogen (secondary N) is 3. The normalized spacial score (nSPS) is 11.8. The van der Waals surface area contributed by atoms with Crippen LogP contribution in [0.5, 0.6) is 0 Å². The molecule has 172 valence electrons. The average Bonchev–Trinajstić information content (AvgIpc) is 3.16. The summed E-state index contributed by atoms with van der Waals surface area (Å²) in [5.41, 5.74) is 2.53. The zero-order valence-corrected chi connectivity index (χ0v) is 20.7. The number of likely N-dealkylation sites (N-methyl/N-ethyl adjacent to an activating group) is 1. The number of hydrogen-bond acceptors (Lipinski definition) is 8. The molecule has 10 nitrogen and oxygen atoms in total. The Morgan fingerprint density at radius 3 is 2.67 bits per heavy atom. The van der Waals surface area contributed by atoms with Gasteiger partial charge in [-0.25, -0.2) is 15.0 Å². The van der Waals surface area contributed by atoms with E-state index in [2.05, 4.69) is 51.0 Å². The van der Waals surface area contributed by atoms with E-state index < -0.39 is 10.0 Å². The molecule has 3 N–H and O–H groups in total. The molecular weight excluding hydrogens is 508 g/mol. The number of halogens is 1. The van der Waals surface area contributed by atoms with Crippen molar-refractivity contribution in [3.05, 3.63) is 52.8 Å². The number of aryl methyl sites for hydroxylation is 1. The fraction of sp³-hybridized carbons (Fsp3) is 0.238. The van der Waals surface area contributed by atoms with E-state index in [4.69, 9.17) is 4.98 Å². The third kappa shape index (κ3) is 5.13. The zero-order chi connectivity index (χ0) is 23.6. The molecule has 0 aliphatic heterocycles. The minimum atomic E-state index is -3.81. The maximum Gasteiger partial charge on any atom is 0.279 e. The predicted molar refractivity (Wildman–Crippen MR) is 132 cm³/mol. The van der Waals surface area contributed by atoms with E-state index in [9.17, 15) is 8.42 Å². The van der Waals surface area contributed by atoms with Crippen molar-refractivity contribution in [2.75, 3.05) is 37.2 Å². The summed E-state index contributed by atoms with van der Waals surface area (Å²) in [6.45, 7) is 3.45. The van der Waals surface area contributed by atoms with E-state index in [0.717, 1.165) is 17.6 Å². The van der Waals surface area contributed by atoms with Crippen LogP contribution in [0, 0.1) is 6.92 Å².